The van der Waals surface area contributed by atoms with Crippen molar-refractivity contribution in [3.63, 3.8) is 0 Å². The van der Waals surface area contributed by atoms with Crippen molar-refractivity contribution in [1.82, 2.24) is 25.4 Å². The van der Waals surface area contributed by atoms with Crippen molar-refractivity contribution in [2.45, 2.75) is 6.54 Å². The summed E-state index contributed by atoms with van der Waals surface area (Å²) in [5.41, 5.74) is 0.973. The van der Waals surface area contributed by atoms with E-state index >= 15 is 0 Å². The Kier molecular flexibility index (Phi) is 11.0. The van der Waals surface area contributed by atoms with E-state index in [1.165, 1.54) is 0 Å². The summed E-state index contributed by atoms with van der Waals surface area (Å²) in [5, 5.41) is 9.97. The standard InChI is InChI=1S/C14H19N5O2.2ClH/c1-21-8-6-15-11-14(20)17-10-12-3-5-16-13(9-12)19-7-2-4-18-19;;/h2-5,7,9,15H,6,8,10-11H2,1H3,(H,17,20);2*1H. The fraction of sp³-hybridized carbons (Fsp3) is 0.357. The minimum Gasteiger partial charge on any atom is -0.383 e. The molecule has 0 saturated heterocycles. The molecule has 2 heterocycles. The van der Waals surface area contributed by atoms with E-state index in [0.717, 1.165) is 11.4 Å². The first-order chi connectivity index (χ1) is 10.3. The van der Waals surface area contributed by atoms with Crippen LogP contribution in [0.2, 0.25) is 0 Å². The monoisotopic (exact) mass is 361 g/mol. The van der Waals surface area contributed by atoms with Gasteiger partial charge in [0.1, 0.15) is 0 Å². The Morgan fingerprint density at radius 1 is 1.35 bits per heavy atom. The van der Waals surface area contributed by atoms with Crippen LogP contribution < -0.4 is 10.6 Å². The maximum absolute atomic E-state index is 11.6. The first kappa shape index (κ1) is 21.3. The van der Waals surface area contributed by atoms with Crippen LogP contribution in [0.15, 0.2) is 36.8 Å². The number of nitrogens with zero attached hydrogens (tertiary/aromatic N) is 3. The zero-order chi connectivity index (χ0) is 14.9. The van der Waals surface area contributed by atoms with Gasteiger partial charge in [0.15, 0.2) is 5.82 Å². The predicted molar refractivity (Wildman–Crippen MR) is 92.4 cm³/mol. The fourth-order valence-corrected chi connectivity index (χ4v) is 1.74. The molecule has 0 bridgehead atoms. The number of aromatic nitrogens is 3. The molecule has 0 aliphatic carbocycles. The summed E-state index contributed by atoms with van der Waals surface area (Å²) < 4.78 is 6.57. The van der Waals surface area contributed by atoms with Crippen LogP contribution in [-0.4, -0.2) is 47.5 Å². The van der Waals surface area contributed by atoms with E-state index in [-0.39, 0.29) is 37.3 Å². The second-order valence-corrected chi connectivity index (χ2v) is 4.42. The number of hydrogen-bond acceptors (Lipinski definition) is 5. The highest BCUT2D eigenvalue weighted by molar-refractivity contribution is 5.85. The van der Waals surface area contributed by atoms with Gasteiger partial charge < -0.3 is 15.4 Å². The van der Waals surface area contributed by atoms with E-state index in [2.05, 4.69) is 20.7 Å². The molecule has 1 amide bonds. The van der Waals surface area contributed by atoms with E-state index in [0.29, 0.717) is 19.7 Å². The van der Waals surface area contributed by atoms with Gasteiger partial charge >= 0.3 is 0 Å². The summed E-state index contributed by atoms with van der Waals surface area (Å²) in [6, 6.07) is 5.60. The third kappa shape index (κ3) is 7.43. The van der Waals surface area contributed by atoms with Gasteiger partial charge in [0.2, 0.25) is 5.91 Å². The molecule has 0 atom stereocenters. The van der Waals surface area contributed by atoms with Crippen LogP contribution in [0.4, 0.5) is 0 Å². The van der Waals surface area contributed by atoms with E-state index in [4.69, 9.17) is 4.74 Å². The van der Waals surface area contributed by atoms with Gasteiger partial charge in [0.05, 0.1) is 13.2 Å². The number of hydrogen-bond donors (Lipinski definition) is 2. The first-order valence-corrected chi connectivity index (χ1v) is 6.71. The maximum Gasteiger partial charge on any atom is 0.234 e. The molecular formula is C14H21Cl2N5O2. The van der Waals surface area contributed by atoms with Crippen LogP contribution in [0, 0.1) is 0 Å². The molecule has 2 aromatic heterocycles. The molecule has 2 rings (SSSR count). The van der Waals surface area contributed by atoms with Crippen molar-refractivity contribution in [3.8, 4) is 5.82 Å². The lowest BCUT2D eigenvalue weighted by Gasteiger charge is -2.08. The Morgan fingerprint density at radius 3 is 2.87 bits per heavy atom. The van der Waals surface area contributed by atoms with Crippen LogP contribution in [0.5, 0.6) is 0 Å². The number of halogens is 2. The largest absolute Gasteiger partial charge is 0.383 e. The van der Waals surface area contributed by atoms with Crippen LogP contribution in [-0.2, 0) is 16.1 Å². The van der Waals surface area contributed by atoms with Gasteiger partial charge in [-0.3, -0.25) is 4.79 Å². The number of carbonyl (C=O) groups is 1. The van der Waals surface area contributed by atoms with Crippen LogP contribution in [0.3, 0.4) is 0 Å². The molecule has 2 aromatic rings. The van der Waals surface area contributed by atoms with Gasteiger partial charge in [-0.05, 0) is 23.8 Å². The predicted octanol–water partition coefficient (Wildman–Crippen LogP) is 0.963. The lowest BCUT2D eigenvalue weighted by atomic mass is 10.2. The average Bonchev–Trinajstić information content (AvgIpc) is 3.04. The molecule has 0 spiro atoms. The molecule has 9 heteroatoms. The van der Waals surface area contributed by atoms with E-state index in [9.17, 15) is 4.79 Å². The van der Waals surface area contributed by atoms with Crippen molar-refractivity contribution in [2.75, 3.05) is 26.8 Å². The van der Waals surface area contributed by atoms with E-state index < -0.39 is 0 Å². The summed E-state index contributed by atoms with van der Waals surface area (Å²) in [5.74, 6) is 0.675. The number of rotatable bonds is 8. The van der Waals surface area contributed by atoms with Gasteiger partial charge in [-0.2, -0.15) is 5.10 Å². The summed E-state index contributed by atoms with van der Waals surface area (Å²) in [6.45, 7) is 1.98. The third-order valence-corrected chi connectivity index (χ3v) is 2.81. The maximum atomic E-state index is 11.6. The summed E-state index contributed by atoms with van der Waals surface area (Å²) in [4.78, 5) is 15.9. The molecule has 0 unspecified atom stereocenters. The summed E-state index contributed by atoms with van der Waals surface area (Å²) in [6.07, 6.45) is 5.22. The lowest BCUT2D eigenvalue weighted by molar-refractivity contribution is -0.120. The van der Waals surface area contributed by atoms with Crippen molar-refractivity contribution in [3.05, 3.63) is 42.4 Å². The highest BCUT2D eigenvalue weighted by Gasteiger charge is 2.03. The highest BCUT2D eigenvalue weighted by atomic mass is 35.5. The Hall–Kier alpha value is -1.67. The van der Waals surface area contributed by atoms with E-state index in [1.54, 1.807) is 24.2 Å². The molecule has 2 N–H and O–H groups in total. The Balaban J connectivity index is 0.00000242. The number of amides is 1. The normalized spacial score (nSPS) is 9.61. The molecule has 23 heavy (non-hydrogen) atoms. The number of pyridine rings is 1. The van der Waals surface area contributed by atoms with Crippen LogP contribution in [0.1, 0.15) is 5.56 Å². The molecular weight excluding hydrogens is 341 g/mol. The van der Waals surface area contributed by atoms with Crippen molar-refractivity contribution in [1.29, 1.82) is 0 Å². The molecule has 0 aromatic carbocycles. The second kappa shape index (κ2) is 11.8. The molecule has 0 fully saturated rings. The summed E-state index contributed by atoms with van der Waals surface area (Å²) >= 11 is 0. The fourth-order valence-electron chi connectivity index (χ4n) is 1.74. The highest BCUT2D eigenvalue weighted by Crippen LogP contribution is 2.05. The average molecular weight is 362 g/mol. The second-order valence-electron chi connectivity index (χ2n) is 4.42. The van der Waals surface area contributed by atoms with Gasteiger partial charge in [0.25, 0.3) is 0 Å². The zero-order valence-electron chi connectivity index (χ0n) is 12.8. The Morgan fingerprint density at radius 2 is 2.17 bits per heavy atom. The quantitative estimate of drug-likeness (QED) is 0.684. The van der Waals surface area contributed by atoms with Crippen LogP contribution in [0.25, 0.3) is 5.82 Å². The molecule has 0 aliphatic rings. The number of ether oxygens (including phenoxy) is 1. The number of carbonyl (C=O) groups excluding carboxylic acids is 1. The molecule has 7 nitrogen and oxygen atoms in total. The minimum atomic E-state index is -0.0523. The Bertz CT molecular complexity index is 566. The topological polar surface area (TPSA) is 81.1 Å². The molecule has 0 radical (unpaired) electrons. The molecule has 0 aliphatic heterocycles. The van der Waals surface area contributed by atoms with Crippen molar-refractivity contribution < 1.29 is 9.53 Å². The zero-order valence-corrected chi connectivity index (χ0v) is 14.4. The van der Waals surface area contributed by atoms with Gasteiger partial charge in [-0.15, -0.1) is 24.8 Å². The van der Waals surface area contributed by atoms with Crippen molar-refractivity contribution in [2.24, 2.45) is 0 Å². The molecule has 128 valence electrons. The third-order valence-electron chi connectivity index (χ3n) is 2.81. The SMILES string of the molecule is COCCNCC(=O)NCc1ccnc(-n2cccn2)c1.Cl.Cl. The number of methoxy groups -OCH3 is 1. The van der Waals surface area contributed by atoms with Crippen molar-refractivity contribution >= 4 is 30.7 Å². The molecule has 0 saturated carbocycles. The summed E-state index contributed by atoms with van der Waals surface area (Å²) in [7, 11) is 1.63. The lowest BCUT2D eigenvalue weighted by Crippen LogP contribution is -2.34. The van der Waals surface area contributed by atoms with Crippen LogP contribution >= 0.6 is 24.8 Å². The minimum absolute atomic E-state index is 0. The smallest absolute Gasteiger partial charge is 0.234 e. The van der Waals surface area contributed by atoms with Gasteiger partial charge in [-0.1, -0.05) is 0 Å². The number of nitrogens with one attached hydrogen (secondary N) is 2. The first-order valence-electron chi connectivity index (χ1n) is 6.71. The van der Waals surface area contributed by atoms with Gasteiger partial charge in [-0.25, -0.2) is 9.67 Å². The Labute approximate surface area is 147 Å². The van der Waals surface area contributed by atoms with E-state index in [1.807, 2.05) is 24.4 Å². The van der Waals surface area contributed by atoms with Gasteiger partial charge in [0, 0.05) is 38.8 Å².